The van der Waals surface area contributed by atoms with Gasteiger partial charge >= 0.3 is 0 Å². The largest absolute Gasteiger partial charge is 0.383 e. The third-order valence-corrected chi connectivity index (χ3v) is 6.65. The van der Waals surface area contributed by atoms with Gasteiger partial charge in [0.25, 0.3) is 0 Å². The minimum Gasteiger partial charge on any atom is -0.383 e. The number of aromatic nitrogens is 4. The van der Waals surface area contributed by atoms with E-state index in [0.717, 1.165) is 0 Å². The lowest BCUT2D eigenvalue weighted by Crippen LogP contribution is -2.35. The molecular formula is C15H20FN5O3S. The Morgan fingerprint density at radius 3 is 2.80 bits per heavy atom. The molecule has 136 valence electrons. The van der Waals surface area contributed by atoms with E-state index in [1.165, 1.54) is 24.4 Å². The Hall–Kier alpha value is -1.49. The van der Waals surface area contributed by atoms with Gasteiger partial charge in [-0.05, 0) is 0 Å². The summed E-state index contributed by atoms with van der Waals surface area (Å²) in [6, 6.07) is 0. The highest BCUT2D eigenvalue weighted by molar-refractivity contribution is 7.99. The Kier molecular flexibility index (Phi) is 3.56. The number of nitrogens with zero attached hydrogens (tertiary/aromatic N) is 4. The van der Waals surface area contributed by atoms with Crippen molar-refractivity contribution in [3.8, 4) is 0 Å². The maximum Gasteiger partial charge on any atom is 0.169 e. The van der Waals surface area contributed by atoms with Crippen LogP contribution in [0.1, 0.15) is 20.1 Å². The van der Waals surface area contributed by atoms with Crippen molar-refractivity contribution in [1.29, 1.82) is 0 Å². The van der Waals surface area contributed by atoms with Crippen LogP contribution in [-0.4, -0.2) is 65.2 Å². The molecule has 2 aliphatic rings. The summed E-state index contributed by atoms with van der Waals surface area (Å²) in [6.07, 6.45) is 1.28. The van der Waals surface area contributed by atoms with Crippen LogP contribution in [0.4, 0.5) is 10.2 Å². The molecule has 8 nitrogen and oxygen atoms in total. The van der Waals surface area contributed by atoms with E-state index in [1.54, 1.807) is 18.4 Å². The molecule has 0 radical (unpaired) electrons. The molecule has 0 aromatic carbocycles. The van der Waals surface area contributed by atoms with Crippen LogP contribution in [0.15, 0.2) is 12.7 Å². The second kappa shape index (κ2) is 5.26. The van der Waals surface area contributed by atoms with Gasteiger partial charge in [-0.3, -0.25) is 8.96 Å². The summed E-state index contributed by atoms with van der Waals surface area (Å²) in [5.74, 6) is 0.929. The van der Waals surface area contributed by atoms with E-state index in [9.17, 15) is 14.6 Å². The predicted molar refractivity (Wildman–Crippen MR) is 90.6 cm³/mol. The molecule has 1 saturated heterocycles. The van der Waals surface area contributed by atoms with Crippen LogP contribution in [0, 0.1) is 5.41 Å². The number of anilines is 1. The molecule has 25 heavy (non-hydrogen) atoms. The molecule has 0 spiro atoms. The number of aliphatic hydroxyl groups is 2. The van der Waals surface area contributed by atoms with Gasteiger partial charge in [-0.2, -0.15) is 11.8 Å². The number of thioether (sulfide) groups is 1. The number of halogens is 1. The van der Waals surface area contributed by atoms with Crippen LogP contribution in [-0.2, 0) is 4.74 Å². The molecule has 1 aliphatic heterocycles. The molecule has 3 heterocycles. The maximum absolute atomic E-state index is 12.4. The van der Waals surface area contributed by atoms with E-state index >= 15 is 0 Å². The van der Waals surface area contributed by atoms with Crippen molar-refractivity contribution in [1.82, 2.24) is 19.5 Å². The molecule has 0 bridgehead atoms. The van der Waals surface area contributed by atoms with E-state index in [4.69, 9.17) is 10.5 Å². The summed E-state index contributed by atoms with van der Waals surface area (Å²) < 4.78 is 20.0. The summed E-state index contributed by atoms with van der Waals surface area (Å²) in [5, 5.41) is 22.4. The second-order valence-corrected chi connectivity index (χ2v) is 8.13. The summed E-state index contributed by atoms with van der Waals surface area (Å²) in [4.78, 5) is 12.3. The van der Waals surface area contributed by atoms with Crippen LogP contribution in [0.5, 0.6) is 0 Å². The molecule has 4 rings (SSSR count). The summed E-state index contributed by atoms with van der Waals surface area (Å²) in [5.41, 5.74) is 2.92. The Morgan fingerprint density at radius 1 is 1.32 bits per heavy atom. The first-order valence-electron chi connectivity index (χ1n) is 7.97. The van der Waals surface area contributed by atoms with Crippen LogP contribution in [0.3, 0.4) is 0 Å². The quantitative estimate of drug-likeness (QED) is 0.652. The number of nitrogens with two attached hydrogens (primary N) is 1. The number of alkyl halides is 1. The van der Waals surface area contributed by atoms with Gasteiger partial charge < -0.3 is 20.7 Å². The lowest BCUT2D eigenvalue weighted by atomic mass is 10.0. The summed E-state index contributed by atoms with van der Waals surface area (Å²) >= 11 is 1.34. The third-order valence-electron chi connectivity index (χ3n) is 5.67. The van der Waals surface area contributed by atoms with E-state index in [1.807, 2.05) is 0 Å². The minimum absolute atomic E-state index is 0.231. The maximum atomic E-state index is 12.4. The van der Waals surface area contributed by atoms with Gasteiger partial charge in [0.05, 0.1) is 13.0 Å². The van der Waals surface area contributed by atoms with E-state index < -0.39 is 35.6 Å². The van der Waals surface area contributed by atoms with Crippen molar-refractivity contribution in [3.05, 3.63) is 12.7 Å². The van der Waals surface area contributed by atoms with Gasteiger partial charge in [-0.25, -0.2) is 15.0 Å². The zero-order valence-corrected chi connectivity index (χ0v) is 14.7. The minimum atomic E-state index is -1.51. The van der Waals surface area contributed by atoms with Gasteiger partial charge in [0.2, 0.25) is 0 Å². The molecule has 2 aromatic rings. The molecule has 0 unspecified atom stereocenters. The van der Waals surface area contributed by atoms with Crippen LogP contribution in [0.25, 0.3) is 11.2 Å². The number of fused-ring (bicyclic) bond motifs is 2. The number of nitrogen functional groups attached to an aromatic ring is 1. The fourth-order valence-corrected chi connectivity index (χ4v) is 4.92. The fourth-order valence-electron chi connectivity index (χ4n) is 4.11. The number of hydrogen-bond donors (Lipinski definition) is 3. The highest BCUT2D eigenvalue weighted by atomic mass is 32.2. The molecule has 4 atom stereocenters. The molecule has 1 aliphatic carbocycles. The zero-order chi connectivity index (χ0) is 18.0. The monoisotopic (exact) mass is 369 g/mol. The SMILES string of the molecule is CC1(C)[C@]2(O)[C@H](n3cnc4c(N)ncnc43)O[C@H](CSCCF)[C@]12O. The molecule has 0 amide bonds. The van der Waals surface area contributed by atoms with Gasteiger partial charge in [-0.1, -0.05) is 13.8 Å². The summed E-state index contributed by atoms with van der Waals surface area (Å²) in [7, 11) is 0. The highest BCUT2D eigenvalue weighted by Crippen LogP contribution is 2.75. The molecule has 1 saturated carbocycles. The van der Waals surface area contributed by atoms with E-state index in [2.05, 4.69) is 15.0 Å². The first-order valence-corrected chi connectivity index (χ1v) is 9.13. The molecule has 2 aromatic heterocycles. The normalized spacial score (nSPS) is 35.9. The van der Waals surface area contributed by atoms with Gasteiger partial charge in [0.1, 0.15) is 29.2 Å². The molecular weight excluding hydrogens is 349 g/mol. The van der Waals surface area contributed by atoms with Crippen LogP contribution in [0.2, 0.25) is 0 Å². The third kappa shape index (κ3) is 1.85. The van der Waals surface area contributed by atoms with Crippen molar-refractivity contribution < 1.29 is 19.3 Å². The first-order chi connectivity index (χ1) is 11.8. The number of imidazole rings is 1. The summed E-state index contributed by atoms with van der Waals surface area (Å²) in [6.45, 7) is 3.13. The average molecular weight is 369 g/mol. The molecule has 10 heteroatoms. The van der Waals surface area contributed by atoms with Crippen molar-refractivity contribution in [2.24, 2.45) is 5.41 Å². The van der Waals surface area contributed by atoms with Crippen molar-refractivity contribution >= 4 is 28.7 Å². The number of ether oxygens (including phenoxy) is 1. The average Bonchev–Trinajstić information content (AvgIpc) is 2.95. The Morgan fingerprint density at radius 2 is 2.08 bits per heavy atom. The number of rotatable bonds is 5. The topological polar surface area (TPSA) is 119 Å². The molecule has 2 fully saturated rings. The Labute approximate surface area is 147 Å². The highest BCUT2D eigenvalue weighted by Gasteiger charge is 2.92. The Bertz CT molecular complexity index is 833. The predicted octanol–water partition coefficient (Wildman–Crippen LogP) is 0.511. The van der Waals surface area contributed by atoms with Crippen LogP contribution < -0.4 is 5.73 Å². The fraction of sp³-hybridized carbons (Fsp3) is 0.667. The van der Waals surface area contributed by atoms with E-state index in [0.29, 0.717) is 22.7 Å². The number of hydrogen-bond acceptors (Lipinski definition) is 8. The van der Waals surface area contributed by atoms with Gasteiger partial charge in [0.15, 0.2) is 17.7 Å². The standard InChI is InChI=1S/C15H20FN5O3S/c1-13(2)14(22)8(5-25-4-3-16)24-12(15(13,14)23)21-7-20-9-10(17)18-6-19-11(9)21/h6-8,12,22-23H,3-5H2,1-2H3,(H2,17,18,19)/t8-,12-,14+,15-/m1/s1. The van der Waals surface area contributed by atoms with Crippen molar-refractivity contribution in [2.75, 3.05) is 23.9 Å². The van der Waals surface area contributed by atoms with Gasteiger partial charge in [-0.15, -0.1) is 0 Å². The zero-order valence-electron chi connectivity index (χ0n) is 13.9. The molecule has 4 N–H and O–H groups in total. The lowest BCUT2D eigenvalue weighted by Gasteiger charge is -2.27. The second-order valence-electron chi connectivity index (χ2n) is 6.98. The van der Waals surface area contributed by atoms with Crippen molar-refractivity contribution in [3.63, 3.8) is 0 Å². The van der Waals surface area contributed by atoms with Gasteiger partial charge in [0, 0.05) is 16.9 Å². The first kappa shape index (κ1) is 17.0. The smallest absolute Gasteiger partial charge is 0.169 e. The van der Waals surface area contributed by atoms with Crippen LogP contribution >= 0.6 is 11.8 Å². The van der Waals surface area contributed by atoms with E-state index in [-0.39, 0.29) is 5.82 Å². The Balaban J connectivity index is 1.74. The van der Waals surface area contributed by atoms with Crippen molar-refractivity contribution in [2.45, 2.75) is 37.4 Å². The lowest BCUT2D eigenvalue weighted by molar-refractivity contribution is -0.103.